The quantitative estimate of drug-likeness (QED) is 0.328. The third-order valence-corrected chi connectivity index (χ3v) is 5.90. The summed E-state index contributed by atoms with van der Waals surface area (Å²) in [7, 11) is 0. The lowest BCUT2D eigenvalue weighted by molar-refractivity contribution is 0.212. The van der Waals surface area contributed by atoms with Crippen LogP contribution in [0.2, 0.25) is 5.02 Å². The summed E-state index contributed by atoms with van der Waals surface area (Å²) in [5, 5.41) is 0.743. The van der Waals surface area contributed by atoms with Gasteiger partial charge in [-0.05, 0) is 66.8 Å². The Morgan fingerprint density at radius 1 is 0.967 bits per heavy atom. The summed E-state index contributed by atoms with van der Waals surface area (Å²) < 4.78 is 8.51. The predicted octanol–water partition coefficient (Wildman–Crippen LogP) is 7.31. The zero-order chi connectivity index (χ0) is 21.3. The summed E-state index contributed by atoms with van der Waals surface area (Å²) in [6, 6.07) is 22.9. The van der Waals surface area contributed by atoms with E-state index in [9.17, 15) is 0 Å². The third kappa shape index (κ3) is 4.22. The van der Waals surface area contributed by atoms with Crippen molar-refractivity contribution in [3.05, 3.63) is 94.3 Å². The van der Waals surface area contributed by atoms with Gasteiger partial charge in [0, 0.05) is 11.6 Å². The SMILES string of the molecule is Cc1cc(OC(C)c2nc3ccccc3n2Cc2ccc(C(C)C)cc2)ccc1Cl. The van der Waals surface area contributed by atoms with Crippen LogP contribution < -0.4 is 4.74 Å². The van der Waals surface area contributed by atoms with Crippen LogP contribution in [0.1, 0.15) is 55.3 Å². The molecule has 0 N–H and O–H groups in total. The topological polar surface area (TPSA) is 27.1 Å². The van der Waals surface area contributed by atoms with Crippen LogP contribution in [0.5, 0.6) is 5.75 Å². The Kier molecular flexibility index (Phi) is 5.83. The van der Waals surface area contributed by atoms with Crippen LogP contribution in [0.4, 0.5) is 0 Å². The van der Waals surface area contributed by atoms with Crippen LogP contribution in [-0.2, 0) is 6.54 Å². The molecule has 4 heteroatoms. The molecule has 0 saturated carbocycles. The maximum atomic E-state index is 6.25. The van der Waals surface area contributed by atoms with Gasteiger partial charge >= 0.3 is 0 Å². The van der Waals surface area contributed by atoms with Gasteiger partial charge in [-0.3, -0.25) is 0 Å². The van der Waals surface area contributed by atoms with Crippen LogP contribution in [0, 0.1) is 6.92 Å². The van der Waals surface area contributed by atoms with Crippen molar-refractivity contribution in [3.8, 4) is 5.75 Å². The molecule has 3 aromatic carbocycles. The highest BCUT2D eigenvalue weighted by Crippen LogP contribution is 2.28. The van der Waals surface area contributed by atoms with E-state index in [4.69, 9.17) is 21.3 Å². The minimum atomic E-state index is -0.201. The number of hydrogen-bond acceptors (Lipinski definition) is 2. The maximum absolute atomic E-state index is 6.25. The van der Waals surface area contributed by atoms with Crippen LogP contribution in [0.3, 0.4) is 0 Å². The molecule has 0 fully saturated rings. The van der Waals surface area contributed by atoms with Crippen molar-refractivity contribution in [3.63, 3.8) is 0 Å². The van der Waals surface area contributed by atoms with Crippen LogP contribution >= 0.6 is 11.6 Å². The molecule has 0 spiro atoms. The van der Waals surface area contributed by atoms with Crippen molar-refractivity contribution in [2.24, 2.45) is 0 Å². The fourth-order valence-electron chi connectivity index (χ4n) is 3.71. The monoisotopic (exact) mass is 418 g/mol. The molecule has 0 radical (unpaired) electrons. The van der Waals surface area contributed by atoms with Crippen molar-refractivity contribution in [1.82, 2.24) is 9.55 Å². The predicted molar refractivity (Wildman–Crippen MR) is 125 cm³/mol. The van der Waals surface area contributed by atoms with E-state index >= 15 is 0 Å². The molecular formula is C26H27ClN2O. The third-order valence-electron chi connectivity index (χ3n) is 5.48. The molecule has 0 aliphatic rings. The Morgan fingerprint density at radius 3 is 2.40 bits per heavy atom. The Bertz CT molecular complexity index is 1160. The number of halogens is 1. The van der Waals surface area contributed by atoms with Gasteiger partial charge in [0.2, 0.25) is 0 Å². The molecule has 30 heavy (non-hydrogen) atoms. The van der Waals surface area contributed by atoms with E-state index in [2.05, 4.69) is 60.9 Å². The molecule has 1 unspecified atom stereocenters. The zero-order valence-corrected chi connectivity index (χ0v) is 18.6. The molecule has 4 aromatic rings. The molecule has 3 nitrogen and oxygen atoms in total. The first kappa shape index (κ1) is 20.5. The van der Waals surface area contributed by atoms with E-state index < -0.39 is 0 Å². The first-order valence-corrected chi connectivity index (χ1v) is 10.8. The van der Waals surface area contributed by atoms with E-state index in [1.165, 1.54) is 11.1 Å². The standard InChI is InChI=1S/C26H27ClN2O/c1-17(2)21-11-9-20(10-12-21)16-29-25-8-6-5-7-24(25)28-26(29)19(4)30-22-13-14-23(27)18(3)15-22/h5-15,17,19H,16H2,1-4H3. The number of hydrogen-bond donors (Lipinski definition) is 0. The lowest BCUT2D eigenvalue weighted by Gasteiger charge is -2.18. The molecule has 1 aromatic heterocycles. The summed E-state index contributed by atoms with van der Waals surface area (Å²) in [5.41, 5.74) is 5.69. The van der Waals surface area contributed by atoms with Gasteiger partial charge in [0.15, 0.2) is 11.9 Å². The number of aryl methyl sites for hydroxylation is 1. The van der Waals surface area contributed by atoms with E-state index in [0.29, 0.717) is 5.92 Å². The maximum Gasteiger partial charge on any atom is 0.153 e. The highest BCUT2D eigenvalue weighted by Gasteiger charge is 2.18. The van der Waals surface area contributed by atoms with Crippen molar-refractivity contribution < 1.29 is 4.74 Å². The number of para-hydroxylation sites is 2. The van der Waals surface area contributed by atoms with Crippen LogP contribution in [0.25, 0.3) is 11.0 Å². The lowest BCUT2D eigenvalue weighted by atomic mass is 10.0. The molecule has 0 bridgehead atoms. The fraction of sp³-hybridized carbons (Fsp3) is 0.269. The summed E-state index contributed by atoms with van der Waals surface area (Å²) in [6.07, 6.45) is -0.201. The van der Waals surface area contributed by atoms with Gasteiger partial charge in [-0.1, -0.05) is 61.8 Å². The average molecular weight is 419 g/mol. The first-order valence-electron chi connectivity index (χ1n) is 10.4. The van der Waals surface area contributed by atoms with Crippen molar-refractivity contribution >= 4 is 22.6 Å². The molecule has 0 aliphatic carbocycles. The largest absolute Gasteiger partial charge is 0.483 e. The Balaban J connectivity index is 1.68. The Labute approximate surface area is 183 Å². The number of nitrogens with zero attached hydrogens (tertiary/aromatic N) is 2. The van der Waals surface area contributed by atoms with E-state index in [0.717, 1.165) is 39.7 Å². The summed E-state index contributed by atoms with van der Waals surface area (Å²) >= 11 is 6.16. The summed E-state index contributed by atoms with van der Waals surface area (Å²) in [4.78, 5) is 4.90. The van der Waals surface area contributed by atoms with E-state index in [-0.39, 0.29) is 6.10 Å². The average Bonchev–Trinajstić information content (AvgIpc) is 3.10. The molecule has 154 valence electrons. The fourth-order valence-corrected chi connectivity index (χ4v) is 3.83. The Hall–Kier alpha value is -2.78. The summed E-state index contributed by atoms with van der Waals surface area (Å²) in [5.74, 6) is 2.24. The van der Waals surface area contributed by atoms with Crippen molar-refractivity contribution in [2.45, 2.75) is 46.3 Å². The van der Waals surface area contributed by atoms with Gasteiger partial charge in [0.1, 0.15) is 5.75 Å². The number of ether oxygens (including phenoxy) is 1. The van der Waals surface area contributed by atoms with Crippen LogP contribution in [0.15, 0.2) is 66.7 Å². The molecule has 0 saturated heterocycles. The normalized spacial score (nSPS) is 12.5. The smallest absolute Gasteiger partial charge is 0.153 e. The number of aromatic nitrogens is 2. The van der Waals surface area contributed by atoms with Gasteiger partial charge in [0.25, 0.3) is 0 Å². The molecule has 0 aliphatic heterocycles. The minimum absolute atomic E-state index is 0.201. The van der Waals surface area contributed by atoms with Crippen LogP contribution in [-0.4, -0.2) is 9.55 Å². The van der Waals surface area contributed by atoms with E-state index in [1.54, 1.807) is 0 Å². The van der Waals surface area contributed by atoms with Crippen molar-refractivity contribution in [2.75, 3.05) is 0 Å². The highest BCUT2D eigenvalue weighted by atomic mass is 35.5. The first-order chi connectivity index (χ1) is 14.4. The lowest BCUT2D eigenvalue weighted by Crippen LogP contribution is -2.13. The number of benzene rings is 3. The number of rotatable bonds is 6. The van der Waals surface area contributed by atoms with Gasteiger partial charge in [-0.15, -0.1) is 0 Å². The highest BCUT2D eigenvalue weighted by molar-refractivity contribution is 6.31. The van der Waals surface area contributed by atoms with Crippen molar-refractivity contribution in [1.29, 1.82) is 0 Å². The minimum Gasteiger partial charge on any atom is -0.483 e. The Morgan fingerprint density at radius 2 is 1.70 bits per heavy atom. The van der Waals surface area contributed by atoms with Gasteiger partial charge in [0.05, 0.1) is 11.0 Å². The number of fused-ring (bicyclic) bond motifs is 1. The molecule has 1 atom stereocenters. The second kappa shape index (κ2) is 8.53. The second-order valence-electron chi connectivity index (χ2n) is 8.11. The van der Waals surface area contributed by atoms with Gasteiger partial charge in [-0.2, -0.15) is 0 Å². The van der Waals surface area contributed by atoms with Gasteiger partial charge in [-0.25, -0.2) is 4.98 Å². The molecule has 1 heterocycles. The van der Waals surface area contributed by atoms with E-state index in [1.807, 2.05) is 38.1 Å². The number of imidazole rings is 1. The summed E-state index contributed by atoms with van der Waals surface area (Å²) in [6.45, 7) is 9.21. The molecule has 4 rings (SSSR count). The zero-order valence-electron chi connectivity index (χ0n) is 17.9. The molecular weight excluding hydrogens is 392 g/mol. The van der Waals surface area contributed by atoms with Gasteiger partial charge < -0.3 is 9.30 Å². The second-order valence-corrected chi connectivity index (χ2v) is 8.52. The molecule has 0 amide bonds.